The van der Waals surface area contributed by atoms with Crippen LogP contribution in [0.3, 0.4) is 0 Å². The fourth-order valence-electron chi connectivity index (χ4n) is 7.16. The molecule has 4 aromatic rings. The topological polar surface area (TPSA) is 115 Å². The zero-order valence-electron chi connectivity index (χ0n) is 32.5. The van der Waals surface area contributed by atoms with Crippen molar-refractivity contribution < 1.29 is 28.7 Å². The van der Waals surface area contributed by atoms with Crippen LogP contribution in [-0.2, 0) is 32.0 Å². The zero-order valence-corrected chi connectivity index (χ0v) is 36.3. The van der Waals surface area contributed by atoms with Gasteiger partial charge in [-0.2, -0.15) is 0 Å². The number of carbonyl (C=O) groups excluding carboxylic acids is 4. The lowest BCUT2D eigenvalue weighted by molar-refractivity contribution is -0.131. The van der Waals surface area contributed by atoms with Crippen LogP contribution in [0.4, 0.5) is 22.7 Å². The number of ether oxygens (including phenoxy) is 2. The number of methoxy groups -OCH3 is 2. The highest BCUT2D eigenvalue weighted by Crippen LogP contribution is 2.33. The molecule has 4 heterocycles. The molecule has 2 fully saturated rings. The van der Waals surface area contributed by atoms with E-state index in [2.05, 4.69) is 15.1 Å². The number of alkyl halides is 1. The molecule has 12 nitrogen and oxygen atoms in total. The highest BCUT2D eigenvalue weighted by Gasteiger charge is 2.31. The van der Waals surface area contributed by atoms with Crippen LogP contribution in [0, 0.1) is 0 Å². The smallest absolute Gasteiger partial charge is 0.242 e. The van der Waals surface area contributed by atoms with E-state index in [-0.39, 0.29) is 42.5 Å². The lowest BCUT2D eigenvalue weighted by Crippen LogP contribution is -2.51. The summed E-state index contributed by atoms with van der Waals surface area (Å²) in [4.78, 5) is 57.1. The number of fused-ring (bicyclic) bond motifs is 2. The average molecular weight is 905 g/mol. The zero-order chi connectivity index (χ0) is 42.2. The Morgan fingerprint density at radius 2 is 1.14 bits per heavy atom. The maximum Gasteiger partial charge on any atom is 0.242 e. The Labute approximate surface area is 368 Å². The van der Waals surface area contributed by atoms with E-state index in [4.69, 9.17) is 67.5 Å². The quantitative estimate of drug-likeness (QED) is 0.192. The van der Waals surface area contributed by atoms with Crippen molar-refractivity contribution in [1.29, 1.82) is 0 Å². The summed E-state index contributed by atoms with van der Waals surface area (Å²) in [6.07, 6.45) is 0.741. The Bertz CT molecular complexity index is 2200. The first-order chi connectivity index (χ1) is 28.4. The highest BCUT2D eigenvalue weighted by molar-refractivity contribution is 6.32. The molecule has 2 saturated heterocycles. The van der Waals surface area contributed by atoms with Gasteiger partial charge in [0.1, 0.15) is 23.9 Å². The molecule has 312 valence electrons. The number of benzene rings is 4. The molecule has 0 saturated carbocycles. The summed E-state index contributed by atoms with van der Waals surface area (Å²) in [6.45, 7) is 5.61. The van der Waals surface area contributed by atoms with Crippen molar-refractivity contribution >= 4 is 104 Å². The Balaban J connectivity index is 0.000000166. The van der Waals surface area contributed by atoms with Crippen molar-refractivity contribution in [3.63, 3.8) is 0 Å². The third-order valence-corrected chi connectivity index (χ3v) is 11.7. The van der Waals surface area contributed by atoms with Crippen LogP contribution in [0.1, 0.15) is 11.1 Å². The molecule has 0 aliphatic carbocycles. The van der Waals surface area contributed by atoms with Gasteiger partial charge in [0.05, 0.1) is 37.1 Å². The maximum absolute atomic E-state index is 12.8. The van der Waals surface area contributed by atoms with Gasteiger partial charge in [0.2, 0.25) is 23.6 Å². The fraction of sp³-hybridized carbons (Fsp3) is 0.333. The molecule has 17 heteroatoms. The van der Waals surface area contributed by atoms with Crippen LogP contribution in [-0.4, -0.2) is 112 Å². The van der Waals surface area contributed by atoms with Crippen molar-refractivity contribution in [3.05, 3.63) is 104 Å². The van der Waals surface area contributed by atoms with E-state index in [0.29, 0.717) is 77.3 Å². The van der Waals surface area contributed by atoms with E-state index in [1.54, 1.807) is 42.2 Å². The molecule has 0 radical (unpaired) electrons. The highest BCUT2D eigenvalue weighted by atomic mass is 35.5. The molecule has 0 spiro atoms. The van der Waals surface area contributed by atoms with Crippen LogP contribution in [0.2, 0.25) is 20.1 Å². The normalized spacial score (nSPS) is 15.7. The SMILES string of the molecule is COc1cc(N2CCN(C(=O)CCl)CC2)ccc1Cl.COc1cc(N2CCN(C(=O)CN3C(=O)Cc4cc(Cl)ccc43)CC2)ccc1Cl.O=C1Cc2cc(Cl)ccc2N1. The van der Waals surface area contributed by atoms with E-state index < -0.39 is 0 Å². The first-order valence-corrected chi connectivity index (χ1v) is 20.9. The Kier molecular flexibility index (Phi) is 15.0. The Morgan fingerprint density at radius 1 is 0.627 bits per heavy atom. The van der Waals surface area contributed by atoms with E-state index in [1.807, 2.05) is 59.5 Å². The van der Waals surface area contributed by atoms with Crippen molar-refractivity contribution in [2.75, 3.05) is 99.0 Å². The van der Waals surface area contributed by atoms with Crippen LogP contribution >= 0.6 is 58.0 Å². The first kappa shape index (κ1) is 44.0. The van der Waals surface area contributed by atoms with Crippen LogP contribution in [0.25, 0.3) is 0 Å². The second-order valence-electron chi connectivity index (χ2n) is 14.0. The molecule has 0 atom stereocenters. The number of rotatable bonds is 7. The Hall–Kier alpha value is -4.59. The Morgan fingerprint density at radius 3 is 1.66 bits per heavy atom. The largest absolute Gasteiger partial charge is 0.495 e. The summed E-state index contributed by atoms with van der Waals surface area (Å²) >= 11 is 29.4. The molecule has 0 aromatic heterocycles. The van der Waals surface area contributed by atoms with Gasteiger partial charge in [-0.15, -0.1) is 11.6 Å². The monoisotopic (exact) mass is 902 g/mol. The second-order valence-corrected chi connectivity index (χ2v) is 15.9. The van der Waals surface area contributed by atoms with Crippen molar-refractivity contribution in [2.24, 2.45) is 0 Å². The van der Waals surface area contributed by atoms with E-state index in [9.17, 15) is 19.2 Å². The molecule has 0 unspecified atom stereocenters. The first-order valence-electron chi connectivity index (χ1n) is 18.8. The van der Waals surface area contributed by atoms with Gasteiger partial charge in [-0.25, -0.2) is 0 Å². The molecular formula is C42H43Cl5N6O6. The lowest BCUT2D eigenvalue weighted by atomic mass is 10.2. The molecule has 59 heavy (non-hydrogen) atoms. The number of nitrogens with zero attached hydrogens (tertiary/aromatic N) is 5. The molecule has 0 bridgehead atoms. The van der Waals surface area contributed by atoms with Crippen LogP contribution in [0.15, 0.2) is 72.8 Å². The standard InChI is InChI=1S/C21H21Cl2N3O3.C13H16Cl2N2O2.C8H6ClNO/c1-29-19-12-16(3-4-17(19)23)24-6-8-25(9-7-24)21(28)13-26-18-5-2-15(22)10-14(18)11-20(26)27;1-19-12-8-10(2-3-11(12)15)16-4-6-17(7-5-16)13(18)9-14;9-6-1-2-7-5(3-6)4-8(11)10-7/h2-5,10,12H,6-9,11,13H2,1H3;2-3,8H,4-7,9H2,1H3;1-3H,4H2,(H,10,11). The summed E-state index contributed by atoms with van der Waals surface area (Å²) < 4.78 is 10.5. The molecule has 4 aromatic carbocycles. The summed E-state index contributed by atoms with van der Waals surface area (Å²) in [5.41, 5.74) is 5.59. The number of nitrogens with one attached hydrogen (secondary N) is 1. The minimum atomic E-state index is -0.0671. The lowest BCUT2D eigenvalue weighted by Gasteiger charge is -2.37. The van der Waals surface area contributed by atoms with Gasteiger partial charge < -0.3 is 39.3 Å². The molecule has 4 aliphatic heterocycles. The third-order valence-electron chi connectivity index (χ3n) is 10.3. The number of hydrogen-bond donors (Lipinski definition) is 1. The van der Waals surface area contributed by atoms with Gasteiger partial charge in [0.15, 0.2) is 0 Å². The van der Waals surface area contributed by atoms with Gasteiger partial charge in [-0.1, -0.05) is 46.4 Å². The van der Waals surface area contributed by atoms with Gasteiger partial charge in [0.25, 0.3) is 0 Å². The van der Waals surface area contributed by atoms with Crippen LogP contribution < -0.4 is 29.5 Å². The number of carbonyl (C=O) groups is 4. The maximum atomic E-state index is 12.8. The molecule has 1 N–H and O–H groups in total. The summed E-state index contributed by atoms with van der Waals surface area (Å²) in [7, 11) is 3.19. The van der Waals surface area contributed by atoms with Gasteiger partial charge in [-0.05, 0) is 71.8 Å². The van der Waals surface area contributed by atoms with Gasteiger partial charge in [0, 0.05) is 97.3 Å². The summed E-state index contributed by atoms with van der Waals surface area (Å²) in [6, 6.07) is 22.1. The van der Waals surface area contributed by atoms with Crippen molar-refractivity contribution in [2.45, 2.75) is 12.8 Å². The third kappa shape index (κ3) is 11.0. The molecular weight excluding hydrogens is 862 g/mol. The van der Waals surface area contributed by atoms with E-state index >= 15 is 0 Å². The number of hydrogen-bond acceptors (Lipinski definition) is 8. The fourth-order valence-corrected chi connectivity index (χ4v) is 8.11. The number of amides is 4. The second kappa shape index (κ2) is 20.1. The summed E-state index contributed by atoms with van der Waals surface area (Å²) in [5, 5.41) is 5.18. The van der Waals surface area contributed by atoms with E-state index in [1.165, 1.54) is 0 Å². The van der Waals surface area contributed by atoms with Gasteiger partial charge >= 0.3 is 0 Å². The number of anilines is 4. The van der Waals surface area contributed by atoms with Crippen molar-refractivity contribution in [3.8, 4) is 11.5 Å². The summed E-state index contributed by atoms with van der Waals surface area (Å²) in [5.74, 6) is 1.27. The predicted octanol–water partition coefficient (Wildman–Crippen LogP) is 7.31. The molecule has 4 aliphatic rings. The predicted molar refractivity (Wildman–Crippen MR) is 236 cm³/mol. The van der Waals surface area contributed by atoms with Gasteiger partial charge in [-0.3, -0.25) is 19.2 Å². The van der Waals surface area contributed by atoms with Crippen molar-refractivity contribution in [1.82, 2.24) is 9.80 Å². The average Bonchev–Trinajstić information content (AvgIpc) is 3.77. The van der Waals surface area contributed by atoms with E-state index in [0.717, 1.165) is 47.0 Å². The minimum absolute atomic E-state index is 0.00463. The molecule has 4 amide bonds. The number of piperazine rings is 2. The number of halogens is 5. The minimum Gasteiger partial charge on any atom is -0.495 e. The molecule has 8 rings (SSSR count). The van der Waals surface area contributed by atoms with Crippen LogP contribution in [0.5, 0.6) is 11.5 Å².